The van der Waals surface area contributed by atoms with Crippen molar-refractivity contribution in [2.24, 2.45) is 0 Å². The van der Waals surface area contributed by atoms with Crippen molar-refractivity contribution in [1.29, 1.82) is 0 Å². The van der Waals surface area contributed by atoms with Crippen LogP contribution in [-0.2, 0) is 6.54 Å². The number of aromatic nitrogens is 1. The molecule has 2 rings (SSSR count). The van der Waals surface area contributed by atoms with Gasteiger partial charge in [0.2, 0.25) is 0 Å². The molecule has 64 valence electrons. The number of nitrogens with zero attached hydrogens (tertiary/aromatic N) is 1. The summed E-state index contributed by atoms with van der Waals surface area (Å²) in [6, 6.07) is 4.71. The lowest BCUT2D eigenvalue weighted by Crippen LogP contribution is -2.16. The molecule has 1 heterocycles. The zero-order valence-electron chi connectivity index (χ0n) is 6.76. The van der Waals surface area contributed by atoms with Gasteiger partial charge in [-0.25, -0.2) is 0 Å². The third-order valence-corrected chi connectivity index (χ3v) is 2.69. The fraction of sp³-hybridized carbons (Fsp3) is 0.444. The van der Waals surface area contributed by atoms with Crippen LogP contribution in [0.1, 0.15) is 18.5 Å². The third kappa shape index (κ3) is 2.05. The van der Waals surface area contributed by atoms with Crippen LogP contribution in [0.3, 0.4) is 0 Å². The van der Waals surface area contributed by atoms with Crippen LogP contribution in [-0.4, -0.2) is 11.0 Å². The Kier molecular flexibility index (Phi) is 2.42. The van der Waals surface area contributed by atoms with Gasteiger partial charge in [0, 0.05) is 23.3 Å². The number of hydrogen-bond donors (Lipinski definition) is 1. The van der Waals surface area contributed by atoms with Crippen LogP contribution in [0.4, 0.5) is 0 Å². The second-order valence-corrected chi connectivity index (χ2v) is 3.94. The zero-order chi connectivity index (χ0) is 8.39. The second kappa shape index (κ2) is 3.54. The molecule has 1 aliphatic rings. The highest BCUT2D eigenvalue weighted by Gasteiger charge is 2.20. The average molecular weight is 227 g/mol. The van der Waals surface area contributed by atoms with Gasteiger partial charge < -0.3 is 5.32 Å². The standard InChI is InChI=1S/C9H11BrN2/c10-8-2-1-5-11-9(8)6-12-7-3-4-7/h1-2,5,7,12H,3-4,6H2. The van der Waals surface area contributed by atoms with Crippen molar-refractivity contribution in [3.8, 4) is 0 Å². The summed E-state index contributed by atoms with van der Waals surface area (Å²) in [6.07, 6.45) is 4.48. The van der Waals surface area contributed by atoms with Crippen LogP contribution in [0, 0.1) is 0 Å². The molecule has 1 aromatic heterocycles. The molecule has 0 saturated heterocycles. The fourth-order valence-corrected chi connectivity index (χ4v) is 1.47. The molecule has 0 radical (unpaired) electrons. The molecule has 1 fully saturated rings. The van der Waals surface area contributed by atoms with Gasteiger partial charge in [-0.05, 0) is 40.9 Å². The maximum absolute atomic E-state index is 4.27. The van der Waals surface area contributed by atoms with Gasteiger partial charge in [-0.15, -0.1) is 0 Å². The minimum atomic E-state index is 0.749. The normalized spacial score (nSPS) is 16.4. The van der Waals surface area contributed by atoms with Crippen molar-refractivity contribution in [1.82, 2.24) is 10.3 Å². The Bertz CT molecular complexity index is 271. The Balaban J connectivity index is 1.96. The summed E-state index contributed by atoms with van der Waals surface area (Å²) in [6.45, 7) is 0.881. The maximum atomic E-state index is 4.27. The number of nitrogens with one attached hydrogen (secondary N) is 1. The molecule has 0 spiro atoms. The molecule has 0 unspecified atom stereocenters. The molecule has 12 heavy (non-hydrogen) atoms. The lowest BCUT2D eigenvalue weighted by atomic mass is 10.3. The van der Waals surface area contributed by atoms with Crippen molar-refractivity contribution in [2.75, 3.05) is 0 Å². The van der Waals surface area contributed by atoms with Crippen LogP contribution in [0.2, 0.25) is 0 Å². The smallest absolute Gasteiger partial charge is 0.0683 e. The number of halogens is 1. The van der Waals surface area contributed by atoms with Gasteiger partial charge >= 0.3 is 0 Å². The van der Waals surface area contributed by atoms with Crippen molar-refractivity contribution in [3.63, 3.8) is 0 Å². The number of pyridine rings is 1. The maximum Gasteiger partial charge on any atom is 0.0683 e. The Labute approximate surface area is 80.5 Å². The lowest BCUT2D eigenvalue weighted by molar-refractivity contribution is 0.672. The van der Waals surface area contributed by atoms with E-state index in [1.165, 1.54) is 12.8 Å². The molecule has 1 aliphatic carbocycles. The predicted octanol–water partition coefficient (Wildman–Crippen LogP) is 2.10. The van der Waals surface area contributed by atoms with Crippen LogP contribution in [0.25, 0.3) is 0 Å². The fourth-order valence-electron chi connectivity index (χ4n) is 1.08. The predicted molar refractivity (Wildman–Crippen MR) is 51.8 cm³/mol. The van der Waals surface area contributed by atoms with E-state index in [-0.39, 0.29) is 0 Å². The van der Waals surface area contributed by atoms with Gasteiger partial charge in [0.15, 0.2) is 0 Å². The summed E-state index contributed by atoms with van der Waals surface area (Å²) in [5.41, 5.74) is 1.10. The Morgan fingerprint density at radius 1 is 1.58 bits per heavy atom. The van der Waals surface area contributed by atoms with Crippen molar-refractivity contribution >= 4 is 15.9 Å². The van der Waals surface area contributed by atoms with Gasteiger partial charge in [0.1, 0.15) is 0 Å². The van der Waals surface area contributed by atoms with Gasteiger partial charge in [-0.3, -0.25) is 4.98 Å². The lowest BCUT2D eigenvalue weighted by Gasteiger charge is -2.03. The van der Waals surface area contributed by atoms with Crippen molar-refractivity contribution < 1.29 is 0 Å². The summed E-state index contributed by atoms with van der Waals surface area (Å²) >= 11 is 3.46. The van der Waals surface area contributed by atoms with Gasteiger partial charge in [0.25, 0.3) is 0 Å². The van der Waals surface area contributed by atoms with Crippen LogP contribution in [0.5, 0.6) is 0 Å². The van der Waals surface area contributed by atoms with E-state index < -0.39 is 0 Å². The monoisotopic (exact) mass is 226 g/mol. The zero-order valence-corrected chi connectivity index (χ0v) is 8.34. The highest BCUT2D eigenvalue weighted by molar-refractivity contribution is 9.10. The summed E-state index contributed by atoms with van der Waals surface area (Å²) in [7, 11) is 0. The van der Waals surface area contributed by atoms with E-state index in [0.717, 1.165) is 22.8 Å². The SMILES string of the molecule is Brc1cccnc1CNC1CC1. The number of rotatable bonds is 3. The van der Waals surface area contributed by atoms with E-state index in [0.29, 0.717) is 0 Å². The minimum Gasteiger partial charge on any atom is -0.308 e. The quantitative estimate of drug-likeness (QED) is 0.855. The first-order valence-electron chi connectivity index (χ1n) is 4.19. The summed E-state index contributed by atoms with van der Waals surface area (Å²) in [5.74, 6) is 0. The number of hydrogen-bond acceptors (Lipinski definition) is 2. The molecular formula is C9H11BrN2. The second-order valence-electron chi connectivity index (χ2n) is 3.09. The Hall–Kier alpha value is -0.410. The highest BCUT2D eigenvalue weighted by atomic mass is 79.9. The van der Waals surface area contributed by atoms with E-state index in [4.69, 9.17) is 0 Å². The molecule has 1 saturated carbocycles. The molecule has 2 nitrogen and oxygen atoms in total. The van der Waals surface area contributed by atoms with Gasteiger partial charge in [-0.1, -0.05) is 0 Å². The van der Waals surface area contributed by atoms with E-state index in [9.17, 15) is 0 Å². The molecule has 1 aromatic rings. The highest BCUT2D eigenvalue weighted by Crippen LogP contribution is 2.20. The molecule has 0 bridgehead atoms. The molecule has 0 aliphatic heterocycles. The van der Waals surface area contributed by atoms with Gasteiger partial charge in [-0.2, -0.15) is 0 Å². The minimum absolute atomic E-state index is 0.749. The Morgan fingerprint density at radius 2 is 2.42 bits per heavy atom. The van der Waals surface area contributed by atoms with Crippen molar-refractivity contribution in [3.05, 3.63) is 28.5 Å². The van der Waals surface area contributed by atoms with E-state index in [1.807, 2.05) is 18.3 Å². The van der Waals surface area contributed by atoms with Crippen LogP contribution >= 0.6 is 15.9 Å². The summed E-state index contributed by atoms with van der Waals surface area (Å²) < 4.78 is 1.10. The largest absolute Gasteiger partial charge is 0.308 e. The average Bonchev–Trinajstić information content (AvgIpc) is 2.86. The van der Waals surface area contributed by atoms with Crippen LogP contribution < -0.4 is 5.32 Å². The summed E-state index contributed by atoms with van der Waals surface area (Å²) in [5, 5.41) is 3.42. The first-order chi connectivity index (χ1) is 5.86. The van der Waals surface area contributed by atoms with Crippen LogP contribution in [0.15, 0.2) is 22.8 Å². The first kappa shape index (κ1) is 8.20. The molecule has 0 aromatic carbocycles. The van der Waals surface area contributed by atoms with Gasteiger partial charge in [0.05, 0.1) is 5.69 Å². The van der Waals surface area contributed by atoms with E-state index in [1.54, 1.807) is 0 Å². The topological polar surface area (TPSA) is 24.9 Å². The third-order valence-electron chi connectivity index (χ3n) is 1.97. The van der Waals surface area contributed by atoms with E-state index >= 15 is 0 Å². The molecule has 3 heteroatoms. The van der Waals surface area contributed by atoms with Crippen molar-refractivity contribution in [2.45, 2.75) is 25.4 Å². The Morgan fingerprint density at radius 3 is 3.08 bits per heavy atom. The summed E-state index contributed by atoms with van der Waals surface area (Å²) in [4.78, 5) is 4.27. The van der Waals surface area contributed by atoms with E-state index in [2.05, 4.69) is 26.2 Å². The molecule has 0 amide bonds. The molecule has 0 atom stereocenters. The molecular weight excluding hydrogens is 216 g/mol. The molecule has 1 N–H and O–H groups in total. The first-order valence-corrected chi connectivity index (χ1v) is 4.98.